The third kappa shape index (κ3) is 1.71. The highest BCUT2D eigenvalue weighted by Crippen LogP contribution is 2.16. The highest BCUT2D eigenvalue weighted by molar-refractivity contribution is 5.92. The molecule has 0 aliphatic carbocycles. The van der Waals surface area contributed by atoms with Gasteiger partial charge in [-0.1, -0.05) is 13.0 Å². The molecule has 2 aromatic rings. The molecule has 3 N–H and O–H groups in total. The summed E-state index contributed by atoms with van der Waals surface area (Å²) < 4.78 is 0. The molecular weight excluding hydrogens is 206 g/mol. The van der Waals surface area contributed by atoms with Crippen LogP contribution in [0.3, 0.4) is 0 Å². The number of anilines is 1. The molecule has 0 aliphatic rings. The van der Waals surface area contributed by atoms with E-state index in [0.717, 1.165) is 13.0 Å². The SMILES string of the molecule is CCCNc1cccc2c(=O)[nH][nH]c(=O)c12. The van der Waals surface area contributed by atoms with Crippen LogP contribution >= 0.6 is 0 Å². The van der Waals surface area contributed by atoms with Gasteiger partial charge in [-0.2, -0.15) is 0 Å². The molecule has 16 heavy (non-hydrogen) atoms. The summed E-state index contributed by atoms with van der Waals surface area (Å²) in [4.78, 5) is 23.2. The van der Waals surface area contributed by atoms with Gasteiger partial charge < -0.3 is 5.32 Å². The van der Waals surface area contributed by atoms with Crippen LogP contribution in [0.4, 0.5) is 5.69 Å². The average molecular weight is 219 g/mol. The van der Waals surface area contributed by atoms with E-state index in [2.05, 4.69) is 15.5 Å². The topological polar surface area (TPSA) is 77.8 Å². The molecule has 1 aromatic heterocycles. The minimum Gasteiger partial charge on any atom is -0.384 e. The molecule has 1 aromatic carbocycles. The van der Waals surface area contributed by atoms with E-state index >= 15 is 0 Å². The number of aromatic amines is 2. The molecule has 0 spiro atoms. The van der Waals surface area contributed by atoms with Gasteiger partial charge in [0.05, 0.1) is 10.8 Å². The van der Waals surface area contributed by atoms with E-state index in [0.29, 0.717) is 16.5 Å². The molecule has 0 unspecified atom stereocenters. The van der Waals surface area contributed by atoms with Crippen molar-refractivity contribution in [2.75, 3.05) is 11.9 Å². The molecule has 0 fully saturated rings. The lowest BCUT2D eigenvalue weighted by Gasteiger charge is -2.06. The van der Waals surface area contributed by atoms with E-state index < -0.39 is 0 Å². The Hall–Kier alpha value is -2.04. The Kier molecular flexibility index (Phi) is 2.76. The number of aromatic nitrogens is 2. The second-order valence-electron chi connectivity index (χ2n) is 3.56. The Labute approximate surface area is 91.5 Å². The second-order valence-corrected chi connectivity index (χ2v) is 3.56. The van der Waals surface area contributed by atoms with E-state index in [1.165, 1.54) is 0 Å². The van der Waals surface area contributed by atoms with Crippen LogP contribution in [-0.2, 0) is 0 Å². The fourth-order valence-electron chi connectivity index (χ4n) is 1.64. The largest absolute Gasteiger partial charge is 0.384 e. The van der Waals surface area contributed by atoms with Crippen LogP contribution in [-0.4, -0.2) is 16.7 Å². The van der Waals surface area contributed by atoms with Gasteiger partial charge in [-0.15, -0.1) is 0 Å². The average Bonchev–Trinajstić information content (AvgIpc) is 2.31. The quantitative estimate of drug-likeness (QED) is 0.721. The van der Waals surface area contributed by atoms with Gasteiger partial charge in [0.2, 0.25) is 0 Å². The molecule has 5 nitrogen and oxygen atoms in total. The van der Waals surface area contributed by atoms with Gasteiger partial charge in [-0.3, -0.25) is 19.8 Å². The van der Waals surface area contributed by atoms with Crippen LogP contribution in [0, 0.1) is 0 Å². The zero-order valence-corrected chi connectivity index (χ0v) is 8.96. The Morgan fingerprint density at radius 1 is 1.19 bits per heavy atom. The Balaban J connectivity index is 2.71. The summed E-state index contributed by atoms with van der Waals surface area (Å²) in [7, 11) is 0. The molecule has 0 saturated carbocycles. The van der Waals surface area contributed by atoms with Gasteiger partial charge in [0.15, 0.2) is 0 Å². The summed E-state index contributed by atoms with van der Waals surface area (Å²) >= 11 is 0. The lowest BCUT2D eigenvalue weighted by Crippen LogP contribution is -2.20. The molecule has 0 amide bonds. The summed E-state index contributed by atoms with van der Waals surface area (Å²) in [5, 5.41) is 8.59. The number of hydrogen-bond acceptors (Lipinski definition) is 3. The van der Waals surface area contributed by atoms with Crippen LogP contribution in [0.2, 0.25) is 0 Å². The standard InChI is InChI=1S/C11H13N3O2/c1-2-6-12-8-5-3-4-7-9(8)11(16)14-13-10(7)15/h3-5,12H,2,6H2,1H3,(H,13,15)(H,14,16). The van der Waals surface area contributed by atoms with Gasteiger partial charge in [0.1, 0.15) is 0 Å². The molecule has 0 atom stereocenters. The van der Waals surface area contributed by atoms with E-state index in [4.69, 9.17) is 0 Å². The van der Waals surface area contributed by atoms with E-state index in [1.807, 2.05) is 6.92 Å². The number of benzene rings is 1. The summed E-state index contributed by atoms with van der Waals surface area (Å²) in [6, 6.07) is 5.20. The van der Waals surface area contributed by atoms with Crippen LogP contribution in [0.1, 0.15) is 13.3 Å². The van der Waals surface area contributed by atoms with Crippen LogP contribution in [0.25, 0.3) is 10.8 Å². The molecular formula is C11H13N3O2. The second kappa shape index (κ2) is 4.22. The normalized spacial score (nSPS) is 10.6. The van der Waals surface area contributed by atoms with Gasteiger partial charge in [-0.25, -0.2) is 0 Å². The molecule has 0 bridgehead atoms. The van der Waals surface area contributed by atoms with Crippen LogP contribution < -0.4 is 16.4 Å². The summed E-state index contributed by atoms with van der Waals surface area (Å²) in [5.74, 6) is 0. The van der Waals surface area contributed by atoms with Crippen molar-refractivity contribution in [1.82, 2.24) is 10.2 Å². The molecule has 5 heteroatoms. The first kappa shape index (κ1) is 10.5. The number of H-pyrrole nitrogens is 2. The molecule has 0 saturated heterocycles. The number of nitrogens with one attached hydrogen (secondary N) is 3. The van der Waals surface area contributed by atoms with Crippen LogP contribution in [0.15, 0.2) is 27.8 Å². The maximum atomic E-state index is 11.6. The van der Waals surface area contributed by atoms with E-state index in [-0.39, 0.29) is 11.1 Å². The minimum absolute atomic E-state index is 0.283. The fraction of sp³-hybridized carbons (Fsp3) is 0.273. The molecule has 84 valence electrons. The van der Waals surface area contributed by atoms with Crippen molar-refractivity contribution in [2.45, 2.75) is 13.3 Å². The summed E-state index contributed by atoms with van der Waals surface area (Å²) in [6.07, 6.45) is 0.956. The predicted molar refractivity (Wildman–Crippen MR) is 64.0 cm³/mol. The van der Waals surface area contributed by atoms with E-state index in [1.54, 1.807) is 18.2 Å². The number of hydrogen-bond donors (Lipinski definition) is 3. The first-order valence-corrected chi connectivity index (χ1v) is 5.21. The smallest absolute Gasteiger partial charge is 0.272 e. The first-order valence-electron chi connectivity index (χ1n) is 5.21. The van der Waals surface area contributed by atoms with Gasteiger partial charge in [-0.05, 0) is 18.6 Å². The number of rotatable bonds is 3. The third-order valence-corrected chi connectivity index (χ3v) is 2.39. The van der Waals surface area contributed by atoms with Gasteiger partial charge in [0.25, 0.3) is 11.1 Å². The highest BCUT2D eigenvalue weighted by Gasteiger charge is 2.06. The van der Waals surface area contributed by atoms with Crippen molar-refractivity contribution in [1.29, 1.82) is 0 Å². The molecule has 1 heterocycles. The van der Waals surface area contributed by atoms with Crippen molar-refractivity contribution < 1.29 is 0 Å². The van der Waals surface area contributed by atoms with Crippen molar-refractivity contribution in [3.63, 3.8) is 0 Å². The minimum atomic E-state index is -0.284. The maximum Gasteiger partial charge on any atom is 0.272 e. The third-order valence-electron chi connectivity index (χ3n) is 2.39. The predicted octanol–water partition coefficient (Wildman–Crippen LogP) is 1.04. The van der Waals surface area contributed by atoms with Crippen molar-refractivity contribution in [3.8, 4) is 0 Å². The Morgan fingerprint density at radius 3 is 2.69 bits per heavy atom. The summed E-state index contributed by atoms with van der Waals surface area (Å²) in [6.45, 7) is 2.81. The Morgan fingerprint density at radius 2 is 1.94 bits per heavy atom. The summed E-state index contributed by atoms with van der Waals surface area (Å²) in [5.41, 5.74) is 0.134. The maximum absolute atomic E-state index is 11.6. The zero-order valence-electron chi connectivity index (χ0n) is 8.96. The number of fused-ring (bicyclic) bond motifs is 1. The van der Waals surface area contributed by atoms with E-state index in [9.17, 15) is 9.59 Å². The molecule has 0 radical (unpaired) electrons. The first-order chi connectivity index (χ1) is 7.74. The lowest BCUT2D eigenvalue weighted by atomic mass is 10.1. The van der Waals surface area contributed by atoms with Gasteiger partial charge in [0, 0.05) is 12.2 Å². The van der Waals surface area contributed by atoms with Gasteiger partial charge >= 0.3 is 0 Å². The lowest BCUT2D eigenvalue weighted by molar-refractivity contribution is 0.968. The zero-order chi connectivity index (χ0) is 11.5. The highest BCUT2D eigenvalue weighted by atomic mass is 16.1. The van der Waals surface area contributed by atoms with Crippen LogP contribution in [0.5, 0.6) is 0 Å². The van der Waals surface area contributed by atoms with Crippen molar-refractivity contribution >= 4 is 16.5 Å². The van der Waals surface area contributed by atoms with Crippen molar-refractivity contribution in [3.05, 3.63) is 38.9 Å². The Bertz CT molecular complexity index is 612. The monoisotopic (exact) mass is 219 g/mol. The van der Waals surface area contributed by atoms with Crippen molar-refractivity contribution in [2.24, 2.45) is 0 Å². The molecule has 2 rings (SSSR count). The fourth-order valence-corrected chi connectivity index (χ4v) is 1.64. The molecule has 0 aliphatic heterocycles.